The highest BCUT2D eigenvalue weighted by Crippen LogP contribution is 2.51. The molecule has 3 rings (SSSR count). The predicted molar refractivity (Wildman–Crippen MR) is 99.1 cm³/mol. The molecule has 3 amide bonds. The maximum absolute atomic E-state index is 13.2. The molecule has 0 bridgehead atoms. The quantitative estimate of drug-likeness (QED) is 0.672. The third-order valence-corrected chi connectivity index (χ3v) is 5.36. The highest BCUT2D eigenvalue weighted by Gasteiger charge is 2.59. The third kappa shape index (κ3) is 3.64. The van der Waals surface area contributed by atoms with Gasteiger partial charge in [0.1, 0.15) is 11.4 Å². The largest absolute Gasteiger partial charge is 0.378 e. The molecule has 1 fully saturated rings. The van der Waals surface area contributed by atoms with Crippen LogP contribution in [0.3, 0.4) is 0 Å². The number of nitrogens with two attached hydrogens (primary N) is 1. The van der Waals surface area contributed by atoms with Crippen molar-refractivity contribution in [1.82, 2.24) is 10.2 Å². The monoisotopic (exact) mass is 389 g/mol. The van der Waals surface area contributed by atoms with Gasteiger partial charge in [0.25, 0.3) is 11.8 Å². The number of nitrogens with zero attached hydrogens (tertiary/aromatic N) is 1. The Bertz CT molecular complexity index is 823. The Morgan fingerprint density at radius 2 is 2.04 bits per heavy atom. The molecular weight excluding hydrogens is 365 g/mol. The fraction of sp³-hybridized carbons (Fsp3) is 0.450. The van der Waals surface area contributed by atoms with Crippen molar-refractivity contribution in [3.8, 4) is 0 Å². The lowest BCUT2D eigenvalue weighted by Gasteiger charge is -2.39. The van der Waals surface area contributed by atoms with Gasteiger partial charge >= 0.3 is 0 Å². The number of carbonyl (C=O) groups excluding carboxylic acids is 3. The van der Waals surface area contributed by atoms with Gasteiger partial charge in [0.2, 0.25) is 5.91 Å². The van der Waals surface area contributed by atoms with E-state index in [1.165, 1.54) is 30.2 Å². The SMILES string of the molecule is CCO[C@H]1C[C@H]1C1(C(N)=O)C=C(C(=O)NC)C(=O)N(Cc2ccc(F)cc2)C1. The predicted octanol–water partition coefficient (Wildman–Crippen LogP) is 0.737. The summed E-state index contributed by atoms with van der Waals surface area (Å²) in [5.41, 5.74) is 5.15. The van der Waals surface area contributed by atoms with Crippen molar-refractivity contribution in [2.45, 2.75) is 26.0 Å². The van der Waals surface area contributed by atoms with Gasteiger partial charge in [-0.3, -0.25) is 14.4 Å². The molecule has 1 heterocycles. The molecule has 2 aliphatic rings. The van der Waals surface area contributed by atoms with Crippen LogP contribution in [0, 0.1) is 17.2 Å². The minimum absolute atomic E-state index is 0.0489. The molecule has 1 unspecified atom stereocenters. The van der Waals surface area contributed by atoms with E-state index in [-0.39, 0.29) is 36.5 Å². The third-order valence-electron chi connectivity index (χ3n) is 5.36. The Labute approximate surface area is 162 Å². The molecule has 0 spiro atoms. The zero-order valence-corrected chi connectivity index (χ0v) is 15.9. The standard InChI is InChI=1S/C20H24FN3O4/c1-3-28-16-8-15(16)20(19(22)27)9-14(17(25)23-2)18(26)24(11-20)10-12-4-6-13(21)7-5-12/h4-7,9,15-16H,3,8,10-11H2,1-2H3,(H2,22,27)(H,23,25)/t15-,16+,20?/m1/s1. The molecule has 1 aliphatic carbocycles. The first-order chi connectivity index (χ1) is 13.3. The number of primary amides is 1. The molecule has 3 N–H and O–H groups in total. The van der Waals surface area contributed by atoms with Gasteiger partial charge in [0.15, 0.2) is 0 Å². The number of halogens is 1. The second kappa shape index (κ2) is 7.71. The van der Waals surface area contributed by atoms with Gasteiger partial charge in [-0.2, -0.15) is 0 Å². The number of hydrogen-bond donors (Lipinski definition) is 2. The van der Waals surface area contributed by atoms with Gasteiger partial charge in [-0.1, -0.05) is 12.1 Å². The first-order valence-electron chi connectivity index (χ1n) is 9.22. The van der Waals surface area contributed by atoms with Crippen LogP contribution in [-0.2, 0) is 25.7 Å². The lowest BCUT2D eigenvalue weighted by molar-refractivity contribution is -0.137. The minimum atomic E-state index is -1.18. The summed E-state index contributed by atoms with van der Waals surface area (Å²) in [6.45, 7) is 2.55. The van der Waals surface area contributed by atoms with Crippen LogP contribution in [0.2, 0.25) is 0 Å². The lowest BCUT2D eigenvalue weighted by Crippen LogP contribution is -2.54. The van der Waals surface area contributed by atoms with Crippen LogP contribution in [0.4, 0.5) is 4.39 Å². The van der Waals surface area contributed by atoms with E-state index < -0.39 is 23.1 Å². The Hall–Kier alpha value is -2.74. The average Bonchev–Trinajstić information content (AvgIpc) is 3.44. The van der Waals surface area contributed by atoms with Gasteiger partial charge in [-0.05, 0) is 37.1 Å². The average molecular weight is 389 g/mol. The van der Waals surface area contributed by atoms with E-state index in [2.05, 4.69) is 5.32 Å². The topological polar surface area (TPSA) is 102 Å². The van der Waals surface area contributed by atoms with Crippen molar-refractivity contribution < 1.29 is 23.5 Å². The summed E-state index contributed by atoms with van der Waals surface area (Å²) in [6.07, 6.45) is 1.91. The Morgan fingerprint density at radius 3 is 2.61 bits per heavy atom. The second-order valence-electron chi connectivity index (χ2n) is 7.17. The number of carbonyl (C=O) groups is 3. The maximum Gasteiger partial charge on any atom is 0.259 e. The summed E-state index contributed by atoms with van der Waals surface area (Å²) >= 11 is 0. The van der Waals surface area contributed by atoms with E-state index in [1.807, 2.05) is 6.92 Å². The molecule has 7 nitrogen and oxygen atoms in total. The highest BCUT2D eigenvalue weighted by atomic mass is 19.1. The fourth-order valence-electron chi connectivity index (χ4n) is 3.83. The van der Waals surface area contributed by atoms with Crippen LogP contribution in [0.5, 0.6) is 0 Å². The van der Waals surface area contributed by atoms with E-state index in [0.29, 0.717) is 18.6 Å². The van der Waals surface area contributed by atoms with E-state index in [9.17, 15) is 18.8 Å². The molecule has 1 saturated carbocycles. The Kier molecular flexibility index (Phi) is 5.51. The minimum Gasteiger partial charge on any atom is -0.378 e. The summed E-state index contributed by atoms with van der Waals surface area (Å²) < 4.78 is 18.8. The van der Waals surface area contributed by atoms with Gasteiger partial charge in [-0.25, -0.2) is 4.39 Å². The smallest absolute Gasteiger partial charge is 0.259 e. The number of likely N-dealkylation sites (N-methyl/N-ethyl adjacent to an activating group) is 1. The highest BCUT2D eigenvalue weighted by molar-refractivity contribution is 6.19. The molecule has 0 saturated heterocycles. The van der Waals surface area contributed by atoms with Crippen LogP contribution >= 0.6 is 0 Å². The summed E-state index contributed by atoms with van der Waals surface area (Å²) in [5, 5.41) is 2.44. The first-order valence-corrected chi connectivity index (χ1v) is 9.22. The van der Waals surface area contributed by atoms with Crippen LogP contribution in [0.25, 0.3) is 0 Å². The molecule has 1 aromatic rings. The van der Waals surface area contributed by atoms with E-state index in [4.69, 9.17) is 10.5 Å². The van der Waals surface area contributed by atoms with Crippen molar-refractivity contribution >= 4 is 17.7 Å². The molecule has 150 valence electrons. The number of benzene rings is 1. The molecule has 0 radical (unpaired) electrons. The van der Waals surface area contributed by atoms with Crippen molar-refractivity contribution in [3.63, 3.8) is 0 Å². The van der Waals surface area contributed by atoms with Gasteiger partial charge < -0.3 is 20.7 Å². The van der Waals surface area contributed by atoms with Crippen molar-refractivity contribution in [1.29, 1.82) is 0 Å². The number of amides is 3. The summed E-state index contributed by atoms with van der Waals surface area (Å²) in [4.78, 5) is 39.2. The summed E-state index contributed by atoms with van der Waals surface area (Å²) in [5.74, 6) is -2.25. The zero-order valence-electron chi connectivity index (χ0n) is 15.9. The molecule has 0 aromatic heterocycles. The van der Waals surface area contributed by atoms with Crippen molar-refractivity contribution in [3.05, 3.63) is 47.3 Å². The molecular formula is C20H24FN3O4. The van der Waals surface area contributed by atoms with E-state index in [1.54, 1.807) is 12.1 Å². The second-order valence-corrected chi connectivity index (χ2v) is 7.17. The normalized spacial score (nSPS) is 26.6. The van der Waals surface area contributed by atoms with Crippen molar-refractivity contribution in [2.75, 3.05) is 20.2 Å². The van der Waals surface area contributed by atoms with Gasteiger partial charge in [0, 0.05) is 32.7 Å². The summed E-state index contributed by atoms with van der Waals surface area (Å²) in [7, 11) is 1.42. The zero-order chi connectivity index (χ0) is 20.5. The number of ether oxygens (including phenoxy) is 1. The Balaban J connectivity index is 1.97. The maximum atomic E-state index is 13.2. The van der Waals surface area contributed by atoms with E-state index >= 15 is 0 Å². The van der Waals surface area contributed by atoms with Crippen LogP contribution in [0.1, 0.15) is 18.9 Å². The molecule has 1 aromatic carbocycles. The molecule has 28 heavy (non-hydrogen) atoms. The van der Waals surface area contributed by atoms with E-state index in [0.717, 1.165) is 0 Å². The molecule has 8 heteroatoms. The Morgan fingerprint density at radius 1 is 1.36 bits per heavy atom. The fourth-order valence-corrected chi connectivity index (χ4v) is 3.83. The molecule has 1 aliphatic heterocycles. The number of rotatable bonds is 7. The lowest BCUT2D eigenvalue weighted by atomic mass is 9.76. The number of nitrogens with one attached hydrogen (secondary N) is 1. The van der Waals surface area contributed by atoms with Gasteiger partial charge in [0.05, 0.1) is 11.5 Å². The van der Waals surface area contributed by atoms with Gasteiger partial charge in [-0.15, -0.1) is 0 Å². The first kappa shape index (κ1) is 20.0. The van der Waals surface area contributed by atoms with Crippen LogP contribution in [0.15, 0.2) is 35.9 Å². The van der Waals surface area contributed by atoms with Crippen LogP contribution in [-0.4, -0.2) is 48.9 Å². The van der Waals surface area contributed by atoms with Crippen molar-refractivity contribution in [2.24, 2.45) is 17.1 Å². The summed E-state index contributed by atoms with van der Waals surface area (Å²) in [6, 6.07) is 5.72. The molecule has 3 atom stereocenters. The van der Waals surface area contributed by atoms with Crippen LogP contribution < -0.4 is 11.1 Å². The number of hydrogen-bond acceptors (Lipinski definition) is 4.